The first-order valence-corrected chi connectivity index (χ1v) is 12.3. The van der Waals surface area contributed by atoms with Crippen molar-refractivity contribution in [3.63, 3.8) is 0 Å². The maximum absolute atomic E-state index is 13.5. The topological polar surface area (TPSA) is 105 Å². The summed E-state index contributed by atoms with van der Waals surface area (Å²) in [5.74, 6) is -0.628. The van der Waals surface area contributed by atoms with E-state index in [4.69, 9.17) is 5.10 Å². The maximum atomic E-state index is 13.5. The average molecular weight is 490 g/mol. The van der Waals surface area contributed by atoms with Crippen molar-refractivity contribution < 1.29 is 14.4 Å². The van der Waals surface area contributed by atoms with E-state index in [0.29, 0.717) is 44.0 Å². The Morgan fingerprint density at radius 3 is 2.69 bits per heavy atom. The van der Waals surface area contributed by atoms with Crippen molar-refractivity contribution in [1.82, 2.24) is 34.3 Å². The van der Waals surface area contributed by atoms with Crippen LogP contribution in [0.15, 0.2) is 48.1 Å². The fraction of sp³-hybridized carbons (Fsp3) is 0.292. The number of nitrogens with one attached hydrogen (secondary N) is 1. The van der Waals surface area contributed by atoms with Crippen molar-refractivity contribution in [3.8, 4) is 0 Å². The summed E-state index contributed by atoms with van der Waals surface area (Å²) in [5, 5.41) is 9.39. The molecule has 0 atom stereocenters. The fourth-order valence-electron chi connectivity index (χ4n) is 4.68. The second kappa shape index (κ2) is 8.66. The van der Waals surface area contributed by atoms with Gasteiger partial charge in [-0.15, -0.1) is 11.3 Å². The van der Waals surface area contributed by atoms with Crippen molar-refractivity contribution >= 4 is 34.0 Å². The van der Waals surface area contributed by atoms with Gasteiger partial charge in [0, 0.05) is 55.1 Å². The van der Waals surface area contributed by atoms with Crippen LogP contribution in [0.4, 0.5) is 0 Å². The van der Waals surface area contributed by atoms with Crippen LogP contribution in [-0.4, -0.2) is 72.9 Å². The summed E-state index contributed by atoms with van der Waals surface area (Å²) < 4.78 is 3.71. The van der Waals surface area contributed by atoms with Gasteiger partial charge in [0.2, 0.25) is 5.91 Å². The predicted octanol–water partition coefficient (Wildman–Crippen LogP) is 1.41. The number of rotatable bonds is 4. The molecule has 1 saturated heterocycles. The van der Waals surface area contributed by atoms with Crippen molar-refractivity contribution in [3.05, 3.63) is 76.3 Å². The molecule has 2 aliphatic heterocycles. The molecule has 4 aromatic rings. The van der Waals surface area contributed by atoms with Gasteiger partial charge in [-0.2, -0.15) is 5.10 Å². The number of benzene rings is 1. The first kappa shape index (κ1) is 21.5. The summed E-state index contributed by atoms with van der Waals surface area (Å²) in [5.41, 5.74) is 3.48. The first-order chi connectivity index (χ1) is 17.1. The number of carbonyl (C=O) groups excluding carboxylic acids is 3. The first-order valence-electron chi connectivity index (χ1n) is 11.5. The third kappa shape index (κ3) is 3.97. The summed E-state index contributed by atoms with van der Waals surface area (Å²) in [7, 11) is 0. The van der Waals surface area contributed by atoms with E-state index in [1.54, 1.807) is 11.1 Å². The lowest BCUT2D eigenvalue weighted by Crippen LogP contribution is -2.50. The van der Waals surface area contributed by atoms with Crippen molar-refractivity contribution in [1.29, 1.82) is 0 Å². The van der Waals surface area contributed by atoms with E-state index in [1.165, 1.54) is 16.2 Å². The zero-order valence-electron chi connectivity index (χ0n) is 18.9. The van der Waals surface area contributed by atoms with Gasteiger partial charge in [0.05, 0.1) is 19.6 Å². The standard InChI is InChI=1S/C24H23N7O3S/c32-20-15-29(9-7-25-20)23(34)21-17-13-28(22(33)18-14-30-10-11-35-24(30)26-18)8-6-19(17)31(27-21)12-16-4-2-1-3-5-16/h1-5,10-11,14H,6-9,12-13,15H2,(H,25,32). The van der Waals surface area contributed by atoms with Crippen LogP contribution in [0.3, 0.4) is 0 Å². The van der Waals surface area contributed by atoms with Crippen LogP contribution in [0, 0.1) is 0 Å². The van der Waals surface area contributed by atoms with Crippen LogP contribution in [0.25, 0.3) is 4.96 Å². The maximum Gasteiger partial charge on any atom is 0.275 e. The van der Waals surface area contributed by atoms with E-state index in [0.717, 1.165) is 21.8 Å². The Bertz CT molecular complexity index is 1410. The molecule has 0 bridgehead atoms. The van der Waals surface area contributed by atoms with E-state index in [-0.39, 0.29) is 30.8 Å². The summed E-state index contributed by atoms with van der Waals surface area (Å²) in [4.78, 5) is 47.1. The Balaban J connectivity index is 1.33. The van der Waals surface area contributed by atoms with Gasteiger partial charge in [0.25, 0.3) is 11.8 Å². The van der Waals surface area contributed by atoms with E-state index in [9.17, 15) is 14.4 Å². The monoisotopic (exact) mass is 489 g/mol. The molecule has 5 heterocycles. The number of carbonyl (C=O) groups is 3. The smallest absolute Gasteiger partial charge is 0.275 e. The molecule has 0 spiro atoms. The quantitative estimate of drug-likeness (QED) is 0.467. The lowest BCUT2D eigenvalue weighted by molar-refractivity contribution is -0.123. The Labute approximate surface area is 204 Å². The van der Waals surface area contributed by atoms with E-state index in [2.05, 4.69) is 10.3 Å². The molecule has 0 unspecified atom stereocenters. The van der Waals surface area contributed by atoms with Gasteiger partial charge < -0.3 is 15.1 Å². The van der Waals surface area contributed by atoms with Gasteiger partial charge in [0.15, 0.2) is 10.7 Å². The number of aromatic nitrogens is 4. The van der Waals surface area contributed by atoms with Crippen LogP contribution < -0.4 is 5.32 Å². The lowest BCUT2D eigenvalue weighted by Gasteiger charge is -2.29. The summed E-state index contributed by atoms with van der Waals surface area (Å²) in [6.45, 7) is 2.17. The third-order valence-corrected chi connectivity index (χ3v) is 7.21. The molecule has 35 heavy (non-hydrogen) atoms. The SMILES string of the molecule is O=C1CN(C(=O)c2nn(Cc3ccccc3)c3c2CN(C(=O)c2cn4ccsc4n2)CC3)CCN1. The second-order valence-electron chi connectivity index (χ2n) is 8.69. The van der Waals surface area contributed by atoms with Crippen molar-refractivity contribution in [2.75, 3.05) is 26.2 Å². The Morgan fingerprint density at radius 2 is 1.89 bits per heavy atom. The lowest BCUT2D eigenvalue weighted by atomic mass is 10.0. The zero-order valence-corrected chi connectivity index (χ0v) is 19.7. The molecule has 1 fully saturated rings. The minimum Gasteiger partial charge on any atom is -0.353 e. The molecule has 11 heteroatoms. The van der Waals surface area contributed by atoms with E-state index < -0.39 is 0 Å². The minimum absolute atomic E-state index is 0.00714. The molecular weight excluding hydrogens is 466 g/mol. The molecule has 3 aromatic heterocycles. The third-order valence-electron chi connectivity index (χ3n) is 6.44. The fourth-order valence-corrected chi connectivity index (χ4v) is 5.38. The number of hydrogen-bond acceptors (Lipinski definition) is 6. The minimum atomic E-state index is -0.278. The van der Waals surface area contributed by atoms with Gasteiger partial charge in [-0.05, 0) is 5.56 Å². The van der Waals surface area contributed by atoms with Crippen molar-refractivity contribution in [2.24, 2.45) is 0 Å². The Kier molecular flexibility index (Phi) is 5.33. The molecule has 10 nitrogen and oxygen atoms in total. The number of thiazole rings is 1. The van der Waals surface area contributed by atoms with Gasteiger partial charge >= 0.3 is 0 Å². The van der Waals surface area contributed by atoms with Crippen LogP contribution in [0.5, 0.6) is 0 Å². The summed E-state index contributed by atoms with van der Waals surface area (Å²) in [6, 6.07) is 9.95. The van der Waals surface area contributed by atoms with Crippen molar-refractivity contribution in [2.45, 2.75) is 19.5 Å². The second-order valence-corrected chi connectivity index (χ2v) is 9.56. The molecule has 1 N–H and O–H groups in total. The molecule has 0 saturated carbocycles. The van der Waals surface area contributed by atoms with Gasteiger partial charge in [-0.3, -0.25) is 23.5 Å². The van der Waals surface area contributed by atoms with E-state index in [1.807, 2.05) is 51.0 Å². The molecule has 0 aliphatic carbocycles. The molecule has 0 radical (unpaired) electrons. The van der Waals surface area contributed by atoms with Gasteiger partial charge in [-0.1, -0.05) is 30.3 Å². The number of nitrogens with zero attached hydrogens (tertiary/aromatic N) is 6. The highest BCUT2D eigenvalue weighted by atomic mass is 32.1. The van der Waals surface area contributed by atoms with Crippen LogP contribution in [0.1, 0.15) is 37.8 Å². The molecule has 1 aromatic carbocycles. The summed E-state index contributed by atoms with van der Waals surface area (Å²) >= 11 is 1.47. The van der Waals surface area contributed by atoms with Crippen LogP contribution in [-0.2, 0) is 24.3 Å². The molecule has 6 rings (SSSR count). The highest BCUT2D eigenvalue weighted by molar-refractivity contribution is 7.15. The summed E-state index contributed by atoms with van der Waals surface area (Å²) in [6.07, 6.45) is 4.19. The average Bonchev–Trinajstić information content (AvgIpc) is 3.58. The number of hydrogen-bond donors (Lipinski definition) is 1. The number of imidazole rings is 1. The largest absolute Gasteiger partial charge is 0.353 e. The van der Waals surface area contributed by atoms with Gasteiger partial charge in [-0.25, -0.2) is 4.98 Å². The van der Waals surface area contributed by atoms with Gasteiger partial charge in [0.1, 0.15) is 5.69 Å². The van der Waals surface area contributed by atoms with E-state index >= 15 is 0 Å². The highest BCUT2D eigenvalue weighted by Crippen LogP contribution is 2.26. The molecule has 178 valence electrons. The number of piperazine rings is 1. The normalized spacial score (nSPS) is 15.8. The molecular formula is C24H23N7O3S. The highest BCUT2D eigenvalue weighted by Gasteiger charge is 2.34. The Hall–Kier alpha value is -3.99. The predicted molar refractivity (Wildman–Crippen MR) is 128 cm³/mol. The molecule has 2 aliphatic rings. The number of amides is 3. The molecule has 3 amide bonds. The Morgan fingerprint density at radius 1 is 1.06 bits per heavy atom. The van der Waals surface area contributed by atoms with Crippen LogP contribution >= 0.6 is 11.3 Å². The van der Waals surface area contributed by atoms with Crippen LogP contribution in [0.2, 0.25) is 0 Å². The zero-order chi connectivity index (χ0) is 23.9. The number of fused-ring (bicyclic) bond motifs is 2.